The van der Waals surface area contributed by atoms with E-state index in [2.05, 4.69) is 11.4 Å². The second kappa shape index (κ2) is 7.28. The molecule has 1 N–H and O–H groups in total. The van der Waals surface area contributed by atoms with Crippen LogP contribution >= 0.6 is 0 Å². The number of hydrogen-bond acceptors (Lipinski definition) is 3. The van der Waals surface area contributed by atoms with Crippen molar-refractivity contribution in [3.8, 4) is 0 Å². The van der Waals surface area contributed by atoms with Crippen molar-refractivity contribution < 1.29 is 14.3 Å². The lowest BCUT2D eigenvalue weighted by Gasteiger charge is -2.26. The van der Waals surface area contributed by atoms with E-state index in [9.17, 15) is 9.59 Å². The van der Waals surface area contributed by atoms with Crippen LogP contribution in [0.4, 0.5) is 0 Å². The molecule has 0 aromatic rings. The van der Waals surface area contributed by atoms with Gasteiger partial charge in [0.05, 0.1) is 13.2 Å². The summed E-state index contributed by atoms with van der Waals surface area (Å²) in [6.45, 7) is 2.62. The first-order valence-corrected chi connectivity index (χ1v) is 7.10. The van der Waals surface area contributed by atoms with Gasteiger partial charge in [0.1, 0.15) is 0 Å². The lowest BCUT2D eigenvalue weighted by Crippen LogP contribution is -2.48. The van der Waals surface area contributed by atoms with E-state index in [1.54, 1.807) is 4.90 Å². The molecular formula is C14H22N2O3. The average Bonchev–Trinajstić information content (AvgIpc) is 2.48. The number of hydrogen-bond donors (Lipinski definition) is 1. The van der Waals surface area contributed by atoms with E-state index in [0.717, 1.165) is 19.3 Å². The third-order valence-electron chi connectivity index (χ3n) is 3.61. The van der Waals surface area contributed by atoms with Gasteiger partial charge in [-0.25, -0.2) is 0 Å². The molecule has 2 rings (SSSR count). The maximum absolute atomic E-state index is 11.8. The fourth-order valence-electron chi connectivity index (χ4n) is 2.45. The van der Waals surface area contributed by atoms with Crippen LogP contribution in [0.1, 0.15) is 32.1 Å². The summed E-state index contributed by atoms with van der Waals surface area (Å²) in [5, 5.41) is 2.72. The van der Waals surface area contributed by atoms with Crippen molar-refractivity contribution in [2.75, 3.05) is 32.8 Å². The first-order chi connectivity index (χ1) is 9.27. The van der Waals surface area contributed by atoms with Gasteiger partial charge < -0.3 is 15.0 Å². The van der Waals surface area contributed by atoms with Gasteiger partial charge in [0.25, 0.3) is 0 Å². The van der Waals surface area contributed by atoms with Gasteiger partial charge in [-0.15, -0.1) is 0 Å². The number of carbonyl (C=O) groups is 2. The highest BCUT2D eigenvalue weighted by atomic mass is 16.5. The van der Waals surface area contributed by atoms with Crippen molar-refractivity contribution in [1.29, 1.82) is 0 Å². The molecule has 5 nitrogen and oxygen atoms in total. The SMILES string of the molecule is O=C(NCCC1=CCCCC1)C(=O)N1CCOCC1. The molecular weight excluding hydrogens is 244 g/mol. The van der Waals surface area contributed by atoms with Gasteiger partial charge in [-0.2, -0.15) is 0 Å². The van der Waals surface area contributed by atoms with Crippen molar-refractivity contribution in [3.05, 3.63) is 11.6 Å². The molecule has 1 fully saturated rings. The highest BCUT2D eigenvalue weighted by Crippen LogP contribution is 2.19. The van der Waals surface area contributed by atoms with Crippen LogP contribution in [0, 0.1) is 0 Å². The van der Waals surface area contributed by atoms with Crippen LogP contribution in [0.25, 0.3) is 0 Å². The molecule has 1 heterocycles. The van der Waals surface area contributed by atoms with E-state index < -0.39 is 11.8 Å². The zero-order chi connectivity index (χ0) is 13.5. The van der Waals surface area contributed by atoms with Crippen molar-refractivity contribution in [3.63, 3.8) is 0 Å². The van der Waals surface area contributed by atoms with Crippen LogP contribution in [-0.2, 0) is 14.3 Å². The van der Waals surface area contributed by atoms with Gasteiger partial charge in [-0.05, 0) is 32.1 Å². The summed E-state index contributed by atoms with van der Waals surface area (Å²) in [5.74, 6) is -0.917. The molecule has 1 aliphatic carbocycles. The van der Waals surface area contributed by atoms with E-state index in [-0.39, 0.29) is 0 Å². The van der Waals surface area contributed by atoms with E-state index >= 15 is 0 Å². The Morgan fingerprint density at radius 3 is 2.74 bits per heavy atom. The number of carbonyl (C=O) groups excluding carboxylic acids is 2. The minimum atomic E-state index is -0.488. The smallest absolute Gasteiger partial charge is 0.312 e. The van der Waals surface area contributed by atoms with Crippen LogP contribution in [0.3, 0.4) is 0 Å². The number of allylic oxidation sites excluding steroid dienone is 1. The zero-order valence-corrected chi connectivity index (χ0v) is 11.3. The number of ether oxygens (including phenoxy) is 1. The first kappa shape index (κ1) is 14.1. The predicted octanol–water partition coefficient (Wildman–Crippen LogP) is 0.852. The Bertz CT molecular complexity index is 360. The molecule has 0 saturated carbocycles. The van der Waals surface area contributed by atoms with Gasteiger partial charge >= 0.3 is 11.8 Å². The van der Waals surface area contributed by atoms with E-state index in [1.165, 1.54) is 18.4 Å². The van der Waals surface area contributed by atoms with Crippen LogP contribution < -0.4 is 5.32 Å². The number of amides is 2. The third-order valence-corrected chi connectivity index (χ3v) is 3.61. The number of nitrogens with one attached hydrogen (secondary N) is 1. The van der Waals surface area contributed by atoms with Crippen molar-refractivity contribution >= 4 is 11.8 Å². The van der Waals surface area contributed by atoms with Gasteiger partial charge in [-0.1, -0.05) is 11.6 Å². The Morgan fingerprint density at radius 1 is 1.26 bits per heavy atom. The molecule has 0 spiro atoms. The van der Waals surface area contributed by atoms with Crippen molar-refractivity contribution in [2.24, 2.45) is 0 Å². The Hall–Kier alpha value is -1.36. The zero-order valence-electron chi connectivity index (χ0n) is 11.3. The standard InChI is InChI=1S/C14H22N2O3/c17-13(14(18)16-8-10-19-11-9-16)15-7-6-12-4-2-1-3-5-12/h4H,1-3,5-11H2,(H,15,17). The molecule has 0 aromatic carbocycles. The highest BCUT2D eigenvalue weighted by molar-refractivity contribution is 6.35. The minimum Gasteiger partial charge on any atom is -0.378 e. The average molecular weight is 266 g/mol. The normalized spacial score (nSPS) is 19.8. The molecule has 19 heavy (non-hydrogen) atoms. The van der Waals surface area contributed by atoms with E-state index in [4.69, 9.17) is 4.74 Å². The third kappa shape index (κ3) is 4.35. The highest BCUT2D eigenvalue weighted by Gasteiger charge is 2.23. The summed E-state index contributed by atoms with van der Waals surface area (Å²) in [6, 6.07) is 0. The van der Waals surface area contributed by atoms with Crippen LogP contribution in [0.15, 0.2) is 11.6 Å². The van der Waals surface area contributed by atoms with Crippen LogP contribution in [-0.4, -0.2) is 49.6 Å². The number of nitrogens with zero attached hydrogens (tertiary/aromatic N) is 1. The summed E-state index contributed by atoms with van der Waals surface area (Å²) < 4.78 is 5.16. The second-order valence-corrected chi connectivity index (χ2v) is 5.02. The molecule has 0 atom stereocenters. The Kier molecular flexibility index (Phi) is 5.39. The van der Waals surface area contributed by atoms with Gasteiger partial charge in [0.15, 0.2) is 0 Å². The Morgan fingerprint density at radius 2 is 2.05 bits per heavy atom. The van der Waals surface area contributed by atoms with Crippen LogP contribution in [0.5, 0.6) is 0 Å². The topological polar surface area (TPSA) is 58.6 Å². The first-order valence-electron chi connectivity index (χ1n) is 7.10. The summed E-state index contributed by atoms with van der Waals surface area (Å²) in [6.07, 6.45) is 7.92. The molecule has 0 radical (unpaired) electrons. The summed E-state index contributed by atoms with van der Waals surface area (Å²) in [5.41, 5.74) is 1.41. The summed E-state index contributed by atoms with van der Waals surface area (Å²) >= 11 is 0. The molecule has 0 aromatic heterocycles. The van der Waals surface area contributed by atoms with Crippen molar-refractivity contribution in [1.82, 2.24) is 10.2 Å². The fraction of sp³-hybridized carbons (Fsp3) is 0.714. The maximum Gasteiger partial charge on any atom is 0.312 e. The van der Waals surface area contributed by atoms with E-state index in [0.29, 0.717) is 32.8 Å². The molecule has 0 bridgehead atoms. The number of morpholine rings is 1. The largest absolute Gasteiger partial charge is 0.378 e. The molecule has 1 aliphatic heterocycles. The van der Waals surface area contributed by atoms with Crippen molar-refractivity contribution in [2.45, 2.75) is 32.1 Å². The lowest BCUT2D eigenvalue weighted by molar-refractivity contribution is -0.148. The Labute approximate surface area is 114 Å². The monoisotopic (exact) mass is 266 g/mol. The predicted molar refractivity (Wildman–Crippen MR) is 71.6 cm³/mol. The molecule has 2 aliphatic rings. The number of rotatable bonds is 3. The molecule has 2 amide bonds. The molecule has 0 unspecified atom stereocenters. The molecule has 5 heteroatoms. The second-order valence-electron chi connectivity index (χ2n) is 5.02. The van der Waals surface area contributed by atoms with E-state index in [1.807, 2.05) is 0 Å². The van der Waals surface area contributed by atoms with Gasteiger partial charge in [0.2, 0.25) is 0 Å². The maximum atomic E-state index is 11.8. The Balaban J connectivity index is 1.68. The minimum absolute atomic E-state index is 0.430. The van der Waals surface area contributed by atoms with Crippen LogP contribution in [0.2, 0.25) is 0 Å². The van der Waals surface area contributed by atoms with Gasteiger partial charge in [0, 0.05) is 19.6 Å². The molecule has 106 valence electrons. The quantitative estimate of drug-likeness (QED) is 0.608. The fourth-order valence-corrected chi connectivity index (χ4v) is 2.45. The summed E-state index contributed by atoms with van der Waals surface area (Å²) in [7, 11) is 0. The lowest BCUT2D eigenvalue weighted by atomic mass is 9.97. The molecule has 1 saturated heterocycles. The summed E-state index contributed by atoms with van der Waals surface area (Å²) in [4.78, 5) is 25.1. The van der Waals surface area contributed by atoms with Gasteiger partial charge in [-0.3, -0.25) is 9.59 Å².